The first-order valence-electron chi connectivity index (χ1n) is 5.79. The molecule has 100 valence electrons. The van der Waals surface area contributed by atoms with Crippen molar-refractivity contribution >= 4 is 5.69 Å². The SMILES string of the molecule is CCCNCC(O)Cn1cccc([N+](=O)[O-])c1=O. The Morgan fingerprint density at radius 3 is 2.94 bits per heavy atom. The number of rotatable bonds is 7. The number of hydrogen-bond acceptors (Lipinski definition) is 5. The summed E-state index contributed by atoms with van der Waals surface area (Å²) in [6.07, 6.45) is 1.62. The molecule has 1 atom stereocenters. The molecule has 0 saturated heterocycles. The zero-order valence-electron chi connectivity index (χ0n) is 10.2. The topological polar surface area (TPSA) is 97.4 Å². The van der Waals surface area contributed by atoms with Crippen molar-refractivity contribution < 1.29 is 10.0 Å². The van der Waals surface area contributed by atoms with Crippen LogP contribution < -0.4 is 10.9 Å². The summed E-state index contributed by atoms with van der Waals surface area (Å²) in [4.78, 5) is 21.5. The summed E-state index contributed by atoms with van der Waals surface area (Å²) in [6.45, 7) is 3.17. The number of pyridine rings is 1. The molecule has 0 aliphatic heterocycles. The van der Waals surface area contributed by atoms with Crippen LogP contribution in [-0.4, -0.2) is 33.8 Å². The molecule has 1 aromatic rings. The van der Waals surface area contributed by atoms with Gasteiger partial charge in [0, 0.05) is 18.8 Å². The average molecular weight is 255 g/mol. The number of nitrogens with one attached hydrogen (secondary N) is 1. The van der Waals surface area contributed by atoms with Crippen LogP contribution in [0.15, 0.2) is 23.1 Å². The van der Waals surface area contributed by atoms with Crippen molar-refractivity contribution in [3.8, 4) is 0 Å². The van der Waals surface area contributed by atoms with E-state index in [1.54, 1.807) is 0 Å². The van der Waals surface area contributed by atoms with E-state index in [-0.39, 0.29) is 6.54 Å². The van der Waals surface area contributed by atoms with E-state index in [0.29, 0.717) is 6.54 Å². The molecular formula is C11H17N3O4. The van der Waals surface area contributed by atoms with E-state index in [2.05, 4.69) is 5.32 Å². The van der Waals surface area contributed by atoms with Gasteiger partial charge in [0.25, 0.3) is 0 Å². The smallest absolute Gasteiger partial charge is 0.334 e. The molecule has 1 heterocycles. The van der Waals surface area contributed by atoms with Crippen LogP contribution in [0.25, 0.3) is 0 Å². The number of nitro groups is 1. The van der Waals surface area contributed by atoms with Crippen LogP contribution >= 0.6 is 0 Å². The first kappa shape index (κ1) is 14.3. The van der Waals surface area contributed by atoms with E-state index in [4.69, 9.17) is 0 Å². The third kappa shape index (κ3) is 3.94. The van der Waals surface area contributed by atoms with Gasteiger partial charge in [-0.25, -0.2) is 0 Å². The molecule has 1 aromatic heterocycles. The van der Waals surface area contributed by atoms with Crippen LogP contribution in [0, 0.1) is 10.1 Å². The lowest BCUT2D eigenvalue weighted by Crippen LogP contribution is -2.34. The Morgan fingerprint density at radius 1 is 1.61 bits per heavy atom. The number of aliphatic hydroxyl groups excluding tert-OH is 1. The summed E-state index contributed by atoms with van der Waals surface area (Å²) in [7, 11) is 0. The number of hydrogen-bond donors (Lipinski definition) is 2. The molecule has 0 bridgehead atoms. The molecule has 0 aromatic carbocycles. The van der Waals surface area contributed by atoms with Gasteiger partial charge in [-0.05, 0) is 19.0 Å². The van der Waals surface area contributed by atoms with Crippen LogP contribution in [0.3, 0.4) is 0 Å². The van der Waals surface area contributed by atoms with Crippen molar-refractivity contribution in [2.75, 3.05) is 13.1 Å². The van der Waals surface area contributed by atoms with Gasteiger partial charge in [0.05, 0.1) is 17.6 Å². The minimum atomic E-state index is -0.753. The Labute approximate surface area is 104 Å². The predicted octanol–water partition coefficient (Wildman–Crippen LogP) is 0.117. The van der Waals surface area contributed by atoms with Crippen LogP contribution in [0.4, 0.5) is 5.69 Å². The first-order valence-corrected chi connectivity index (χ1v) is 5.79. The minimum absolute atomic E-state index is 0.0389. The highest BCUT2D eigenvalue weighted by atomic mass is 16.6. The molecule has 0 aliphatic carbocycles. The van der Waals surface area contributed by atoms with Crippen LogP contribution in [-0.2, 0) is 6.54 Å². The third-order valence-electron chi connectivity index (χ3n) is 2.41. The summed E-state index contributed by atoms with van der Waals surface area (Å²) < 4.78 is 1.15. The molecule has 7 heteroatoms. The number of aliphatic hydroxyl groups is 1. The van der Waals surface area contributed by atoms with Crippen LogP contribution in [0.2, 0.25) is 0 Å². The van der Waals surface area contributed by atoms with E-state index < -0.39 is 22.3 Å². The van der Waals surface area contributed by atoms with Crippen LogP contribution in [0.5, 0.6) is 0 Å². The summed E-state index contributed by atoms with van der Waals surface area (Å²) in [5.74, 6) is 0. The van der Waals surface area contributed by atoms with Gasteiger partial charge < -0.3 is 15.0 Å². The molecule has 2 N–H and O–H groups in total. The predicted molar refractivity (Wildman–Crippen MR) is 66.5 cm³/mol. The lowest BCUT2D eigenvalue weighted by Gasteiger charge is -2.12. The Kier molecular flexibility index (Phi) is 5.47. The molecule has 0 spiro atoms. The molecule has 0 fully saturated rings. The summed E-state index contributed by atoms with van der Waals surface area (Å²) in [5, 5.41) is 23.3. The average Bonchev–Trinajstić information content (AvgIpc) is 2.32. The molecule has 0 amide bonds. The van der Waals surface area contributed by atoms with Gasteiger partial charge in [0.1, 0.15) is 0 Å². The van der Waals surface area contributed by atoms with Gasteiger partial charge >= 0.3 is 11.2 Å². The Bertz CT molecular complexity index is 458. The van der Waals surface area contributed by atoms with Crippen molar-refractivity contribution in [2.24, 2.45) is 0 Å². The lowest BCUT2D eigenvalue weighted by atomic mass is 10.3. The zero-order valence-corrected chi connectivity index (χ0v) is 10.2. The lowest BCUT2D eigenvalue weighted by molar-refractivity contribution is -0.386. The largest absolute Gasteiger partial charge is 0.390 e. The minimum Gasteiger partial charge on any atom is -0.390 e. The van der Waals surface area contributed by atoms with Crippen molar-refractivity contribution in [3.63, 3.8) is 0 Å². The first-order chi connectivity index (χ1) is 8.56. The van der Waals surface area contributed by atoms with Crippen molar-refractivity contribution in [1.29, 1.82) is 0 Å². The van der Waals surface area contributed by atoms with Gasteiger partial charge in [-0.3, -0.25) is 14.9 Å². The van der Waals surface area contributed by atoms with E-state index in [9.17, 15) is 20.0 Å². The standard InChI is InChI=1S/C11H17N3O4/c1-2-5-12-7-9(15)8-13-6-3-4-10(11(13)16)14(17)18/h3-4,6,9,12,15H,2,5,7-8H2,1H3. The van der Waals surface area contributed by atoms with Gasteiger partial charge in [-0.1, -0.05) is 6.92 Å². The van der Waals surface area contributed by atoms with Gasteiger partial charge in [-0.2, -0.15) is 0 Å². The Balaban J connectivity index is 2.70. The second kappa shape index (κ2) is 6.87. The Hall–Kier alpha value is -1.73. The molecule has 1 rings (SSSR count). The quantitative estimate of drug-likeness (QED) is 0.409. The highest BCUT2D eigenvalue weighted by Crippen LogP contribution is 2.02. The molecular weight excluding hydrogens is 238 g/mol. The molecule has 7 nitrogen and oxygen atoms in total. The molecule has 18 heavy (non-hydrogen) atoms. The molecule has 0 radical (unpaired) electrons. The van der Waals surface area contributed by atoms with Gasteiger partial charge in [0.2, 0.25) is 0 Å². The maximum Gasteiger partial charge on any atom is 0.334 e. The Morgan fingerprint density at radius 2 is 2.33 bits per heavy atom. The summed E-state index contributed by atoms with van der Waals surface area (Å²) in [6, 6.07) is 2.58. The monoisotopic (exact) mass is 255 g/mol. The fraction of sp³-hybridized carbons (Fsp3) is 0.545. The summed E-state index contributed by atoms with van der Waals surface area (Å²) in [5.41, 5.74) is -1.18. The second-order valence-electron chi connectivity index (χ2n) is 3.97. The fourth-order valence-corrected chi connectivity index (χ4v) is 1.54. The second-order valence-corrected chi connectivity index (χ2v) is 3.97. The van der Waals surface area contributed by atoms with E-state index in [1.807, 2.05) is 6.92 Å². The van der Waals surface area contributed by atoms with Crippen molar-refractivity contribution in [2.45, 2.75) is 26.0 Å². The summed E-state index contributed by atoms with van der Waals surface area (Å²) >= 11 is 0. The molecule has 1 unspecified atom stereocenters. The maximum atomic E-state index is 11.7. The van der Waals surface area contributed by atoms with Crippen molar-refractivity contribution in [1.82, 2.24) is 9.88 Å². The van der Waals surface area contributed by atoms with Gasteiger partial charge in [0.15, 0.2) is 0 Å². The number of nitrogens with zero attached hydrogens (tertiary/aromatic N) is 2. The highest BCUT2D eigenvalue weighted by Gasteiger charge is 2.15. The third-order valence-corrected chi connectivity index (χ3v) is 2.41. The van der Waals surface area contributed by atoms with Crippen LogP contribution in [0.1, 0.15) is 13.3 Å². The van der Waals surface area contributed by atoms with E-state index in [0.717, 1.165) is 23.6 Å². The normalized spacial score (nSPS) is 12.3. The van der Waals surface area contributed by atoms with E-state index in [1.165, 1.54) is 12.3 Å². The molecule has 0 aliphatic rings. The number of aromatic nitrogens is 1. The van der Waals surface area contributed by atoms with Crippen molar-refractivity contribution in [3.05, 3.63) is 38.8 Å². The molecule has 0 saturated carbocycles. The highest BCUT2D eigenvalue weighted by molar-refractivity contribution is 5.25. The van der Waals surface area contributed by atoms with E-state index >= 15 is 0 Å². The zero-order chi connectivity index (χ0) is 13.5. The van der Waals surface area contributed by atoms with Gasteiger partial charge in [-0.15, -0.1) is 0 Å². The maximum absolute atomic E-state index is 11.7. The fourth-order valence-electron chi connectivity index (χ4n) is 1.54.